The second kappa shape index (κ2) is 4.17. The molecule has 9 heteroatoms. The van der Waals surface area contributed by atoms with Gasteiger partial charge in [-0.05, 0) is 15.9 Å². The summed E-state index contributed by atoms with van der Waals surface area (Å²) in [7, 11) is 0. The molecule has 0 unspecified atom stereocenters. The van der Waals surface area contributed by atoms with Gasteiger partial charge in [-0.15, -0.1) is 10.2 Å². The fraction of sp³-hybridized carbons (Fsp3) is 0.167. The van der Waals surface area contributed by atoms with Crippen molar-refractivity contribution in [3.63, 3.8) is 0 Å². The lowest BCUT2D eigenvalue weighted by molar-refractivity contribution is 0.881. The van der Waals surface area contributed by atoms with Gasteiger partial charge in [0.25, 0.3) is 5.56 Å². The number of aromatic nitrogens is 6. The second-order valence-electron chi connectivity index (χ2n) is 2.58. The maximum absolute atomic E-state index is 11.2. The number of tetrazole rings is 1. The fourth-order valence-electron chi connectivity index (χ4n) is 0.926. The molecule has 0 saturated carbocycles. The Balaban J connectivity index is 2.12. The first-order valence-corrected chi connectivity index (χ1v) is 4.76. The summed E-state index contributed by atoms with van der Waals surface area (Å²) in [6.07, 6.45) is 1.31. The molecule has 0 aliphatic carbocycles. The quantitative estimate of drug-likeness (QED) is 0.704. The molecule has 0 spiro atoms. The number of halogens is 1. The average molecular weight is 272 g/mol. The minimum atomic E-state index is -0.249. The molecule has 0 saturated heterocycles. The van der Waals surface area contributed by atoms with Gasteiger partial charge in [0.05, 0.1) is 12.9 Å². The van der Waals surface area contributed by atoms with Gasteiger partial charge < -0.3 is 10.3 Å². The number of rotatable bonds is 3. The van der Waals surface area contributed by atoms with E-state index in [4.69, 9.17) is 0 Å². The molecule has 2 aromatic rings. The summed E-state index contributed by atoms with van der Waals surface area (Å²) in [6, 6.07) is 0. The molecule has 3 N–H and O–H groups in total. The maximum atomic E-state index is 11.2. The number of hydrogen-bond donors (Lipinski definition) is 3. The van der Waals surface area contributed by atoms with Crippen molar-refractivity contribution in [1.82, 2.24) is 30.6 Å². The Kier molecular flexibility index (Phi) is 2.72. The molecule has 0 aromatic carbocycles. The molecule has 0 bridgehead atoms. The third-order valence-electron chi connectivity index (χ3n) is 1.60. The van der Waals surface area contributed by atoms with Crippen molar-refractivity contribution < 1.29 is 0 Å². The molecule has 0 radical (unpaired) electrons. The van der Waals surface area contributed by atoms with Crippen molar-refractivity contribution >= 4 is 21.7 Å². The van der Waals surface area contributed by atoms with Crippen LogP contribution in [0, 0.1) is 0 Å². The molecule has 8 nitrogen and oxygen atoms in total. The molecule has 0 aliphatic heterocycles. The fourth-order valence-corrected chi connectivity index (χ4v) is 1.28. The SMILES string of the molecule is O=c1[nH]cnc(NCc2nn[nH]n2)c1Br. The second-order valence-corrected chi connectivity index (χ2v) is 3.37. The van der Waals surface area contributed by atoms with Crippen LogP contribution in [0.3, 0.4) is 0 Å². The highest BCUT2D eigenvalue weighted by atomic mass is 79.9. The molecular formula is C6H6BrN7O. The molecule has 0 fully saturated rings. The Labute approximate surface area is 91.6 Å². The first-order valence-electron chi connectivity index (χ1n) is 3.97. The molecule has 0 atom stereocenters. The van der Waals surface area contributed by atoms with Gasteiger partial charge in [0, 0.05) is 0 Å². The van der Waals surface area contributed by atoms with E-state index in [0.717, 1.165) is 0 Å². The summed E-state index contributed by atoms with van der Waals surface area (Å²) in [6.45, 7) is 0.339. The molecule has 0 aliphatic rings. The van der Waals surface area contributed by atoms with E-state index in [1.165, 1.54) is 6.33 Å². The van der Waals surface area contributed by atoms with Crippen molar-refractivity contribution in [3.8, 4) is 0 Å². The van der Waals surface area contributed by atoms with Crippen LogP contribution in [0.15, 0.2) is 15.6 Å². The molecule has 2 rings (SSSR count). The molecule has 2 aromatic heterocycles. The van der Waals surface area contributed by atoms with Gasteiger partial charge in [0.15, 0.2) is 5.82 Å². The molecule has 2 heterocycles. The minimum Gasteiger partial charge on any atom is -0.361 e. The van der Waals surface area contributed by atoms with E-state index in [0.29, 0.717) is 22.7 Å². The van der Waals surface area contributed by atoms with E-state index in [9.17, 15) is 4.79 Å². The summed E-state index contributed by atoms with van der Waals surface area (Å²) in [5, 5.41) is 16.1. The van der Waals surface area contributed by atoms with E-state index in [-0.39, 0.29) is 5.56 Å². The zero-order valence-electron chi connectivity index (χ0n) is 7.36. The smallest absolute Gasteiger partial charge is 0.267 e. The Bertz CT molecular complexity index is 492. The van der Waals surface area contributed by atoms with E-state index in [2.05, 4.69) is 51.8 Å². The minimum absolute atomic E-state index is 0.249. The van der Waals surface area contributed by atoms with Crippen LogP contribution < -0.4 is 10.9 Å². The van der Waals surface area contributed by atoms with E-state index in [1.807, 2.05) is 0 Å². The van der Waals surface area contributed by atoms with Crippen LogP contribution in [0.2, 0.25) is 0 Å². The van der Waals surface area contributed by atoms with Crippen molar-refractivity contribution in [2.75, 3.05) is 5.32 Å². The summed E-state index contributed by atoms with van der Waals surface area (Å²) >= 11 is 3.11. The van der Waals surface area contributed by atoms with Crippen LogP contribution in [0.5, 0.6) is 0 Å². The van der Waals surface area contributed by atoms with Crippen molar-refractivity contribution in [2.45, 2.75) is 6.54 Å². The van der Waals surface area contributed by atoms with E-state index < -0.39 is 0 Å². The maximum Gasteiger partial charge on any atom is 0.267 e. The summed E-state index contributed by atoms with van der Waals surface area (Å²) in [5.74, 6) is 0.924. The van der Waals surface area contributed by atoms with Gasteiger partial charge >= 0.3 is 0 Å². The standard InChI is InChI=1S/C6H6BrN7O/c7-4-5(9-2-10-6(4)15)8-1-3-11-13-14-12-3/h2H,1H2,(H2,8,9,10,15)(H,11,12,13,14). The van der Waals surface area contributed by atoms with E-state index in [1.54, 1.807) is 0 Å². The zero-order valence-corrected chi connectivity index (χ0v) is 8.95. The Morgan fingerprint density at radius 1 is 1.53 bits per heavy atom. The molecular weight excluding hydrogens is 266 g/mol. The number of nitrogens with zero attached hydrogens (tertiary/aromatic N) is 4. The third-order valence-corrected chi connectivity index (χ3v) is 2.34. The lowest BCUT2D eigenvalue weighted by Crippen LogP contribution is -2.12. The monoisotopic (exact) mass is 271 g/mol. The van der Waals surface area contributed by atoms with Crippen molar-refractivity contribution in [3.05, 3.63) is 27.0 Å². The number of hydrogen-bond acceptors (Lipinski definition) is 6. The van der Waals surface area contributed by atoms with Crippen LogP contribution in [0.4, 0.5) is 5.82 Å². The Morgan fingerprint density at radius 2 is 2.40 bits per heavy atom. The van der Waals surface area contributed by atoms with Crippen molar-refractivity contribution in [1.29, 1.82) is 0 Å². The average Bonchev–Trinajstić information content (AvgIpc) is 2.73. The van der Waals surface area contributed by atoms with Gasteiger partial charge in [-0.3, -0.25) is 4.79 Å². The summed E-state index contributed by atoms with van der Waals surface area (Å²) < 4.78 is 0.341. The highest BCUT2D eigenvalue weighted by Crippen LogP contribution is 2.13. The van der Waals surface area contributed by atoms with Crippen LogP contribution in [0.1, 0.15) is 5.82 Å². The normalized spacial score (nSPS) is 10.2. The molecule has 78 valence electrons. The van der Waals surface area contributed by atoms with Crippen LogP contribution >= 0.6 is 15.9 Å². The predicted octanol–water partition coefficient (Wildman–Crippen LogP) is -0.342. The summed E-state index contributed by atoms with van der Waals surface area (Å²) in [5.41, 5.74) is -0.249. The number of nitrogens with one attached hydrogen (secondary N) is 3. The van der Waals surface area contributed by atoms with Crippen LogP contribution in [-0.4, -0.2) is 30.6 Å². The highest BCUT2D eigenvalue weighted by molar-refractivity contribution is 9.10. The van der Waals surface area contributed by atoms with Gasteiger partial charge in [0.1, 0.15) is 10.3 Å². The van der Waals surface area contributed by atoms with Crippen LogP contribution in [-0.2, 0) is 6.54 Å². The van der Waals surface area contributed by atoms with Gasteiger partial charge in [0.2, 0.25) is 0 Å². The largest absolute Gasteiger partial charge is 0.361 e. The van der Waals surface area contributed by atoms with Crippen LogP contribution in [0.25, 0.3) is 0 Å². The van der Waals surface area contributed by atoms with E-state index >= 15 is 0 Å². The van der Waals surface area contributed by atoms with Crippen molar-refractivity contribution in [2.24, 2.45) is 0 Å². The third kappa shape index (κ3) is 2.18. The Hall–Kier alpha value is -1.77. The lowest BCUT2D eigenvalue weighted by Gasteiger charge is -2.02. The first kappa shape index (κ1) is 9.77. The topological polar surface area (TPSA) is 112 Å². The number of anilines is 1. The number of H-pyrrole nitrogens is 2. The molecule has 15 heavy (non-hydrogen) atoms. The van der Waals surface area contributed by atoms with Gasteiger partial charge in [-0.1, -0.05) is 5.21 Å². The predicted molar refractivity (Wildman–Crippen MR) is 54.1 cm³/mol. The summed E-state index contributed by atoms with van der Waals surface area (Å²) in [4.78, 5) is 17.5. The first-order chi connectivity index (χ1) is 7.27. The molecule has 0 amide bonds. The zero-order chi connectivity index (χ0) is 10.7. The number of aromatic amines is 2. The Morgan fingerprint density at radius 3 is 3.13 bits per heavy atom. The van der Waals surface area contributed by atoms with Gasteiger partial charge in [-0.25, -0.2) is 4.98 Å². The van der Waals surface area contributed by atoms with Gasteiger partial charge in [-0.2, -0.15) is 5.21 Å². The lowest BCUT2D eigenvalue weighted by atomic mass is 10.5. The highest BCUT2D eigenvalue weighted by Gasteiger charge is 2.05.